The number of rotatable bonds is 7. The van der Waals surface area contributed by atoms with Crippen molar-refractivity contribution in [2.45, 2.75) is 32.2 Å². The number of imidazole rings is 1. The number of nitrogens with one attached hydrogen (secondary N) is 1. The maximum atomic E-state index is 12.3. The van der Waals surface area contributed by atoms with Gasteiger partial charge in [-0.2, -0.15) is 0 Å². The predicted octanol–water partition coefficient (Wildman–Crippen LogP) is 1.81. The average Bonchev–Trinajstić information content (AvgIpc) is 3.11. The minimum Gasteiger partial charge on any atom is -0.356 e. The van der Waals surface area contributed by atoms with Gasteiger partial charge in [-0.1, -0.05) is 0 Å². The summed E-state index contributed by atoms with van der Waals surface area (Å²) in [5.74, 6) is 0.186. The van der Waals surface area contributed by atoms with Crippen LogP contribution in [0.5, 0.6) is 0 Å². The van der Waals surface area contributed by atoms with Crippen LogP contribution in [0.3, 0.4) is 0 Å². The molecule has 0 bridgehead atoms. The monoisotopic (exact) mass is 284 g/mol. The van der Waals surface area contributed by atoms with Crippen LogP contribution < -0.4 is 5.32 Å². The number of pyridine rings is 1. The van der Waals surface area contributed by atoms with E-state index in [4.69, 9.17) is 0 Å². The summed E-state index contributed by atoms with van der Waals surface area (Å²) in [4.78, 5) is 20.3. The van der Waals surface area contributed by atoms with Crippen molar-refractivity contribution in [3.63, 3.8) is 0 Å². The zero-order valence-corrected chi connectivity index (χ0v) is 12.0. The Kier molecular flexibility index (Phi) is 3.99. The SMILES string of the molecule is O=C(NCCCc1ccncc1)C1(Cn2ccnc2)CC1. The Morgan fingerprint density at radius 1 is 1.24 bits per heavy atom. The molecule has 0 unspecified atom stereocenters. The maximum absolute atomic E-state index is 12.3. The third-order valence-electron chi connectivity index (χ3n) is 4.06. The molecule has 0 aromatic carbocycles. The maximum Gasteiger partial charge on any atom is 0.228 e. The molecule has 0 aliphatic heterocycles. The minimum absolute atomic E-state index is 0.186. The van der Waals surface area contributed by atoms with Gasteiger partial charge in [-0.15, -0.1) is 0 Å². The molecule has 2 aromatic heterocycles. The molecular formula is C16H20N4O. The lowest BCUT2D eigenvalue weighted by Crippen LogP contribution is -2.35. The number of hydrogen-bond donors (Lipinski definition) is 1. The quantitative estimate of drug-likeness (QED) is 0.789. The molecule has 0 radical (unpaired) electrons. The van der Waals surface area contributed by atoms with Crippen LogP contribution in [0.4, 0.5) is 0 Å². The van der Waals surface area contributed by atoms with Crippen molar-refractivity contribution in [3.8, 4) is 0 Å². The highest BCUT2D eigenvalue weighted by Crippen LogP contribution is 2.47. The van der Waals surface area contributed by atoms with Crippen molar-refractivity contribution in [2.75, 3.05) is 6.54 Å². The number of amides is 1. The Bertz CT molecular complexity index is 576. The van der Waals surface area contributed by atoms with Gasteiger partial charge < -0.3 is 9.88 Å². The van der Waals surface area contributed by atoms with E-state index in [1.54, 1.807) is 24.9 Å². The molecule has 5 heteroatoms. The van der Waals surface area contributed by atoms with Gasteiger partial charge in [0.2, 0.25) is 5.91 Å². The summed E-state index contributed by atoms with van der Waals surface area (Å²) in [5.41, 5.74) is 1.07. The number of carbonyl (C=O) groups excluding carboxylic acids is 1. The number of carbonyl (C=O) groups is 1. The van der Waals surface area contributed by atoms with E-state index in [-0.39, 0.29) is 11.3 Å². The Labute approximate surface area is 124 Å². The molecule has 1 amide bonds. The number of aryl methyl sites for hydroxylation is 1. The van der Waals surface area contributed by atoms with Gasteiger partial charge in [-0.05, 0) is 43.4 Å². The van der Waals surface area contributed by atoms with Gasteiger partial charge in [0, 0.05) is 37.9 Å². The molecule has 2 heterocycles. The van der Waals surface area contributed by atoms with Crippen LogP contribution >= 0.6 is 0 Å². The van der Waals surface area contributed by atoms with Gasteiger partial charge >= 0.3 is 0 Å². The fraction of sp³-hybridized carbons (Fsp3) is 0.438. The molecule has 1 fully saturated rings. The predicted molar refractivity (Wildman–Crippen MR) is 79.5 cm³/mol. The molecular weight excluding hydrogens is 264 g/mol. The van der Waals surface area contributed by atoms with Crippen molar-refractivity contribution in [1.82, 2.24) is 19.9 Å². The van der Waals surface area contributed by atoms with Crippen molar-refractivity contribution in [3.05, 3.63) is 48.8 Å². The lowest BCUT2D eigenvalue weighted by atomic mass is 10.1. The minimum atomic E-state index is -0.197. The van der Waals surface area contributed by atoms with Gasteiger partial charge in [-0.25, -0.2) is 4.98 Å². The first-order valence-corrected chi connectivity index (χ1v) is 7.41. The van der Waals surface area contributed by atoms with E-state index >= 15 is 0 Å². The molecule has 1 aliphatic rings. The fourth-order valence-electron chi connectivity index (χ4n) is 2.57. The van der Waals surface area contributed by atoms with Crippen molar-refractivity contribution < 1.29 is 4.79 Å². The van der Waals surface area contributed by atoms with Crippen LogP contribution in [0.25, 0.3) is 0 Å². The second kappa shape index (κ2) is 6.08. The van der Waals surface area contributed by atoms with Crippen LogP contribution in [-0.4, -0.2) is 27.0 Å². The molecule has 3 rings (SSSR count). The van der Waals surface area contributed by atoms with Gasteiger partial charge in [0.05, 0.1) is 11.7 Å². The number of nitrogens with zero attached hydrogens (tertiary/aromatic N) is 3. The molecule has 5 nitrogen and oxygen atoms in total. The zero-order chi connectivity index (χ0) is 14.5. The fourth-order valence-corrected chi connectivity index (χ4v) is 2.57. The first-order chi connectivity index (χ1) is 10.3. The number of hydrogen-bond acceptors (Lipinski definition) is 3. The van der Waals surface area contributed by atoms with E-state index in [0.717, 1.165) is 38.8 Å². The lowest BCUT2D eigenvalue weighted by molar-refractivity contribution is -0.126. The van der Waals surface area contributed by atoms with E-state index in [2.05, 4.69) is 15.3 Å². The highest BCUT2D eigenvalue weighted by molar-refractivity contribution is 5.85. The highest BCUT2D eigenvalue weighted by Gasteiger charge is 2.49. The number of aromatic nitrogens is 3. The van der Waals surface area contributed by atoms with E-state index in [1.807, 2.05) is 22.9 Å². The van der Waals surface area contributed by atoms with Gasteiger partial charge in [0.1, 0.15) is 0 Å². The largest absolute Gasteiger partial charge is 0.356 e. The van der Waals surface area contributed by atoms with Gasteiger partial charge in [0.25, 0.3) is 0 Å². The normalized spacial score (nSPS) is 15.6. The van der Waals surface area contributed by atoms with E-state index in [1.165, 1.54) is 5.56 Å². The lowest BCUT2D eigenvalue weighted by Gasteiger charge is -2.15. The molecule has 1 N–H and O–H groups in total. The van der Waals surface area contributed by atoms with Crippen molar-refractivity contribution in [2.24, 2.45) is 5.41 Å². The summed E-state index contributed by atoms with van der Waals surface area (Å²) >= 11 is 0. The molecule has 2 aromatic rings. The molecule has 1 aliphatic carbocycles. The van der Waals surface area contributed by atoms with E-state index in [0.29, 0.717) is 0 Å². The van der Waals surface area contributed by atoms with Gasteiger partial charge in [-0.3, -0.25) is 9.78 Å². The van der Waals surface area contributed by atoms with Crippen molar-refractivity contribution in [1.29, 1.82) is 0 Å². The van der Waals surface area contributed by atoms with Gasteiger partial charge in [0.15, 0.2) is 0 Å². The van der Waals surface area contributed by atoms with Crippen LogP contribution in [0.15, 0.2) is 43.2 Å². The van der Waals surface area contributed by atoms with Crippen LogP contribution in [0, 0.1) is 5.41 Å². The Hall–Kier alpha value is -2.17. The first-order valence-electron chi connectivity index (χ1n) is 7.41. The Balaban J connectivity index is 1.42. The topological polar surface area (TPSA) is 59.8 Å². The second-order valence-corrected chi connectivity index (χ2v) is 5.73. The third-order valence-corrected chi connectivity index (χ3v) is 4.06. The Morgan fingerprint density at radius 2 is 2.05 bits per heavy atom. The summed E-state index contributed by atoms with van der Waals surface area (Å²) in [6.07, 6.45) is 12.9. The first kappa shape index (κ1) is 13.8. The summed E-state index contributed by atoms with van der Waals surface area (Å²) in [5, 5.41) is 3.08. The van der Waals surface area contributed by atoms with Crippen LogP contribution in [0.2, 0.25) is 0 Å². The van der Waals surface area contributed by atoms with E-state index in [9.17, 15) is 4.79 Å². The molecule has 21 heavy (non-hydrogen) atoms. The highest BCUT2D eigenvalue weighted by atomic mass is 16.2. The molecule has 1 saturated carbocycles. The Morgan fingerprint density at radius 3 is 2.71 bits per heavy atom. The standard InChI is InChI=1S/C16H20N4O/c21-15(16(5-6-16)12-20-11-10-18-13-20)19-7-1-2-14-3-8-17-9-4-14/h3-4,8-11,13H,1-2,5-7,12H2,(H,19,21). The molecule has 110 valence electrons. The molecule has 0 saturated heterocycles. The van der Waals surface area contributed by atoms with E-state index < -0.39 is 0 Å². The molecule has 0 spiro atoms. The third kappa shape index (κ3) is 3.48. The second-order valence-electron chi connectivity index (χ2n) is 5.73. The zero-order valence-electron chi connectivity index (χ0n) is 12.0. The van der Waals surface area contributed by atoms with Crippen molar-refractivity contribution >= 4 is 5.91 Å². The smallest absolute Gasteiger partial charge is 0.228 e. The summed E-state index contributed by atoms with van der Waals surface area (Å²) in [6.45, 7) is 1.47. The summed E-state index contributed by atoms with van der Waals surface area (Å²) < 4.78 is 1.99. The van der Waals surface area contributed by atoms with Crippen LogP contribution in [0.1, 0.15) is 24.8 Å². The summed E-state index contributed by atoms with van der Waals surface area (Å²) in [7, 11) is 0. The summed E-state index contributed by atoms with van der Waals surface area (Å²) in [6, 6.07) is 4.03. The average molecular weight is 284 g/mol. The van der Waals surface area contributed by atoms with Crippen LogP contribution in [-0.2, 0) is 17.8 Å². The molecule has 0 atom stereocenters.